The van der Waals surface area contributed by atoms with Crippen LogP contribution in [0.25, 0.3) is 22.0 Å². The molecule has 2 N–H and O–H groups in total. The molecule has 2 aromatic heterocycles. The van der Waals surface area contributed by atoms with Gasteiger partial charge in [0.15, 0.2) is 0 Å². The number of rotatable bonds is 4. The molecule has 0 bridgehead atoms. The number of carbonyl (C=O) groups excluding carboxylic acids is 1. The maximum Gasteiger partial charge on any atom is 0.298 e. The van der Waals surface area contributed by atoms with Gasteiger partial charge in [-0.15, -0.1) is 0 Å². The monoisotopic (exact) mass is 483 g/mol. The van der Waals surface area contributed by atoms with Gasteiger partial charge >= 0.3 is 0 Å². The zero-order valence-electron chi connectivity index (χ0n) is 19.0. The van der Waals surface area contributed by atoms with E-state index in [1.807, 2.05) is 36.4 Å². The highest BCUT2D eigenvalue weighted by Crippen LogP contribution is 2.40. The Morgan fingerprint density at radius 2 is 2.09 bits per heavy atom. The smallest absolute Gasteiger partial charge is 0.298 e. The normalized spacial score (nSPS) is 15.0. The number of hydrogen-bond donors (Lipinski definition) is 1. The summed E-state index contributed by atoms with van der Waals surface area (Å²) in [6, 6.07) is 14.8. The number of nitrogens with two attached hydrogens (primary N) is 1. The predicted octanol–water partition coefficient (Wildman–Crippen LogP) is 5.41. The Bertz CT molecular complexity index is 1480. The second-order valence-corrected chi connectivity index (χ2v) is 8.58. The summed E-state index contributed by atoms with van der Waals surface area (Å²) < 4.78 is 5.82. The fourth-order valence-corrected chi connectivity index (χ4v) is 4.71. The Morgan fingerprint density at radius 3 is 2.86 bits per heavy atom. The van der Waals surface area contributed by atoms with E-state index < -0.39 is 0 Å². The van der Waals surface area contributed by atoms with Crippen LogP contribution in [0.2, 0.25) is 5.02 Å². The number of ether oxygens (including phenoxy) is 1. The molecule has 5 rings (SSSR count). The van der Waals surface area contributed by atoms with E-state index in [2.05, 4.69) is 26.8 Å². The van der Waals surface area contributed by atoms with Gasteiger partial charge in [-0.25, -0.2) is 15.0 Å². The van der Waals surface area contributed by atoms with Gasteiger partial charge in [-0.3, -0.25) is 4.79 Å². The molecule has 7 nitrogen and oxygen atoms in total. The number of benzene rings is 2. The van der Waals surface area contributed by atoms with E-state index in [-0.39, 0.29) is 17.9 Å². The van der Waals surface area contributed by atoms with Gasteiger partial charge in [-0.05, 0) is 61.6 Å². The van der Waals surface area contributed by atoms with Gasteiger partial charge in [0.2, 0.25) is 11.8 Å². The van der Waals surface area contributed by atoms with Crippen molar-refractivity contribution < 1.29 is 9.53 Å². The van der Waals surface area contributed by atoms with Crippen molar-refractivity contribution in [3.63, 3.8) is 0 Å². The minimum Gasteiger partial charge on any atom is -0.439 e. The van der Waals surface area contributed by atoms with Gasteiger partial charge in [-0.1, -0.05) is 23.6 Å². The molecule has 0 aliphatic carbocycles. The Balaban J connectivity index is 1.58. The average Bonchev–Trinajstić information content (AvgIpc) is 3.34. The summed E-state index contributed by atoms with van der Waals surface area (Å²) in [4.78, 5) is 27.4. The number of pyridine rings is 1. The molecule has 3 heterocycles. The third kappa shape index (κ3) is 4.61. The van der Waals surface area contributed by atoms with Crippen LogP contribution in [0.3, 0.4) is 0 Å². The number of hydrogen-bond acceptors (Lipinski definition) is 6. The third-order valence-corrected chi connectivity index (χ3v) is 6.26. The summed E-state index contributed by atoms with van der Waals surface area (Å²) in [5.41, 5.74) is 9.26. The van der Waals surface area contributed by atoms with Gasteiger partial charge in [0.1, 0.15) is 5.75 Å². The van der Waals surface area contributed by atoms with Crippen LogP contribution in [0.1, 0.15) is 31.4 Å². The quantitative estimate of drug-likeness (QED) is 0.390. The van der Waals surface area contributed by atoms with Crippen LogP contribution in [0, 0.1) is 11.8 Å². The number of nitrogens with zero attached hydrogens (tertiary/aromatic N) is 4. The minimum atomic E-state index is -0.190. The molecule has 8 heteroatoms. The highest BCUT2D eigenvalue weighted by Gasteiger charge is 2.31. The van der Waals surface area contributed by atoms with Gasteiger partial charge in [0.05, 0.1) is 16.6 Å². The van der Waals surface area contributed by atoms with Crippen LogP contribution < -0.4 is 10.5 Å². The maximum absolute atomic E-state index is 12.7. The number of anilines is 1. The zero-order valence-corrected chi connectivity index (χ0v) is 19.8. The fourth-order valence-electron chi connectivity index (χ4n) is 4.43. The first-order valence-electron chi connectivity index (χ1n) is 11.2. The molecular formula is C27H22ClN5O2. The molecule has 4 aromatic rings. The fraction of sp³-hybridized carbons (Fsp3) is 0.185. The number of fused-ring (bicyclic) bond motifs is 1. The van der Waals surface area contributed by atoms with Crippen LogP contribution in [-0.2, 0) is 4.79 Å². The van der Waals surface area contributed by atoms with Gasteiger partial charge in [0.25, 0.3) is 5.91 Å². The number of nitrogen functional groups attached to an aromatic ring is 1. The summed E-state index contributed by atoms with van der Waals surface area (Å²) in [7, 11) is 0. The average molecular weight is 484 g/mol. The zero-order chi connectivity index (χ0) is 24.4. The molecule has 1 unspecified atom stereocenters. The molecule has 0 radical (unpaired) electrons. The SMILES string of the molecule is CC#CC(=O)N1CCCC1c1cc(-c2ccc(Oc3ccccn3)cc2Cl)cc2cnc(N)nc12. The van der Waals surface area contributed by atoms with Crippen molar-refractivity contribution in [3.05, 3.63) is 71.5 Å². The maximum atomic E-state index is 12.7. The molecule has 0 saturated carbocycles. The lowest BCUT2D eigenvalue weighted by Crippen LogP contribution is -2.29. The van der Waals surface area contributed by atoms with Crippen LogP contribution in [-0.4, -0.2) is 32.3 Å². The second kappa shape index (κ2) is 9.61. The molecule has 35 heavy (non-hydrogen) atoms. The Kier molecular flexibility index (Phi) is 6.21. The Labute approximate surface area is 207 Å². The standard InChI is InChI=1S/C27H22ClN5O2/c1-2-6-25(34)33-12-5-7-23(33)21-14-17(13-18-16-31-27(29)32-26(18)21)20-10-9-19(15-22(20)28)35-24-8-3-4-11-30-24/h3-4,8-11,13-16,23H,5,7,12H2,1H3,(H2,29,31,32). The van der Waals surface area contributed by atoms with Crippen LogP contribution >= 0.6 is 11.6 Å². The molecule has 1 aliphatic rings. The highest BCUT2D eigenvalue weighted by molar-refractivity contribution is 6.33. The molecule has 2 aromatic carbocycles. The van der Waals surface area contributed by atoms with Gasteiger partial charge in [0, 0.05) is 47.6 Å². The van der Waals surface area contributed by atoms with Crippen LogP contribution in [0.4, 0.5) is 5.95 Å². The first-order valence-corrected chi connectivity index (χ1v) is 11.6. The van der Waals surface area contributed by atoms with Crippen molar-refractivity contribution in [2.24, 2.45) is 0 Å². The van der Waals surface area contributed by atoms with E-state index in [1.165, 1.54) is 0 Å². The van der Waals surface area contributed by atoms with E-state index in [1.54, 1.807) is 36.4 Å². The summed E-state index contributed by atoms with van der Waals surface area (Å²) in [6.07, 6.45) is 5.06. The molecule has 1 aliphatic heterocycles. The van der Waals surface area contributed by atoms with Gasteiger partial charge < -0.3 is 15.4 Å². The summed E-state index contributed by atoms with van der Waals surface area (Å²) >= 11 is 6.70. The van der Waals surface area contributed by atoms with Crippen molar-refractivity contribution in [2.75, 3.05) is 12.3 Å². The largest absolute Gasteiger partial charge is 0.439 e. The van der Waals surface area contributed by atoms with Crippen molar-refractivity contribution in [2.45, 2.75) is 25.8 Å². The van der Waals surface area contributed by atoms with Crippen LogP contribution in [0.15, 0.2) is 60.9 Å². The lowest BCUT2D eigenvalue weighted by molar-refractivity contribution is -0.125. The lowest BCUT2D eigenvalue weighted by atomic mass is 9.95. The van der Waals surface area contributed by atoms with E-state index in [4.69, 9.17) is 22.1 Å². The van der Waals surface area contributed by atoms with Gasteiger partial charge in [-0.2, -0.15) is 0 Å². The molecule has 1 atom stereocenters. The molecule has 1 saturated heterocycles. The van der Waals surface area contributed by atoms with E-state index in [9.17, 15) is 4.79 Å². The Hall–Kier alpha value is -4.15. The Morgan fingerprint density at radius 1 is 1.20 bits per heavy atom. The molecular weight excluding hydrogens is 462 g/mol. The minimum absolute atomic E-state index is 0.161. The van der Waals surface area contributed by atoms with E-state index in [0.29, 0.717) is 23.2 Å². The van der Waals surface area contributed by atoms with Crippen LogP contribution in [0.5, 0.6) is 11.6 Å². The molecule has 174 valence electrons. The first kappa shape index (κ1) is 22.6. The van der Waals surface area contributed by atoms with Crippen molar-refractivity contribution in [3.8, 4) is 34.6 Å². The molecule has 1 fully saturated rings. The lowest BCUT2D eigenvalue weighted by Gasteiger charge is -2.24. The van der Waals surface area contributed by atoms with Crippen molar-refractivity contribution in [1.82, 2.24) is 19.9 Å². The number of likely N-dealkylation sites (tertiary alicyclic amines) is 1. The topological polar surface area (TPSA) is 94.2 Å². The van der Waals surface area contributed by atoms with Crippen molar-refractivity contribution in [1.29, 1.82) is 0 Å². The second-order valence-electron chi connectivity index (χ2n) is 8.17. The first-order chi connectivity index (χ1) is 17.0. The summed E-state index contributed by atoms with van der Waals surface area (Å²) in [5, 5.41) is 1.34. The van der Waals surface area contributed by atoms with E-state index in [0.717, 1.165) is 40.4 Å². The van der Waals surface area contributed by atoms with E-state index >= 15 is 0 Å². The predicted molar refractivity (Wildman–Crippen MR) is 136 cm³/mol. The number of amides is 1. The molecule has 1 amide bonds. The number of aromatic nitrogens is 3. The molecule has 0 spiro atoms. The third-order valence-electron chi connectivity index (χ3n) is 5.95. The summed E-state index contributed by atoms with van der Waals surface area (Å²) in [5.74, 6) is 6.44. The number of halogens is 1. The number of carbonyl (C=O) groups is 1. The summed E-state index contributed by atoms with van der Waals surface area (Å²) in [6.45, 7) is 2.31. The highest BCUT2D eigenvalue weighted by atomic mass is 35.5. The van der Waals surface area contributed by atoms with Crippen molar-refractivity contribution >= 4 is 34.4 Å².